The number of carbonyl (C=O) groups excluding carboxylic acids is 1. The zero-order chi connectivity index (χ0) is 19.1. The van der Waals surface area contributed by atoms with Gasteiger partial charge in [0.25, 0.3) is 0 Å². The highest BCUT2D eigenvalue weighted by molar-refractivity contribution is 5.95. The summed E-state index contributed by atoms with van der Waals surface area (Å²) in [6, 6.07) is 17.8. The van der Waals surface area contributed by atoms with E-state index in [1.54, 1.807) is 13.1 Å². The maximum Gasteiger partial charge on any atom is 0.243 e. The number of terminal acetylenes is 1. The summed E-state index contributed by atoms with van der Waals surface area (Å²) in [4.78, 5) is 18.8. The lowest BCUT2D eigenvalue weighted by atomic mass is 9.99. The lowest BCUT2D eigenvalue weighted by molar-refractivity contribution is -0.115. The van der Waals surface area contributed by atoms with E-state index >= 15 is 0 Å². The van der Waals surface area contributed by atoms with Gasteiger partial charge in [-0.05, 0) is 30.2 Å². The summed E-state index contributed by atoms with van der Waals surface area (Å²) < 4.78 is 0. The predicted octanol–water partition coefficient (Wildman–Crippen LogP) is 2.67. The first-order valence-electron chi connectivity index (χ1n) is 9.06. The first kappa shape index (κ1) is 18.5. The van der Waals surface area contributed by atoms with E-state index in [0.717, 1.165) is 31.0 Å². The van der Waals surface area contributed by atoms with Crippen molar-refractivity contribution in [2.75, 3.05) is 32.0 Å². The summed E-state index contributed by atoms with van der Waals surface area (Å²) in [5, 5.41) is 6.01. The molecule has 1 unspecified atom stereocenters. The molecule has 1 aliphatic rings. The number of carbonyl (C=O) groups is 1. The first-order chi connectivity index (χ1) is 13.2. The van der Waals surface area contributed by atoms with Gasteiger partial charge >= 0.3 is 0 Å². The summed E-state index contributed by atoms with van der Waals surface area (Å²) in [6.07, 6.45) is 6.47. The van der Waals surface area contributed by atoms with Crippen LogP contribution in [-0.4, -0.2) is 43.4 Å². The van der Waals surface area contributed by atoms with E-state index in [1.807, 2.05) is 24.3 Å². The lowest BCUT2D eigenvalue weighted by Crippen LogP contribution is -2.43. The molecule has 0 bridgehead atoms. The molecule has 0 spiro atoms. The van der Waals surface area contributed by atoms with E-state index in [1.165, 1.54) is 5.56 Å². The van der Waals surface area contributed by atoms with Crippen molar-refractivity contribution in [1.82, 2.24) is 10.2 Å². The van der Waals surface area contributed by atoms with Crippen LogP contribution >= 0.6 is 0 Å². The molecule has 5 heteroatoms. The Balaban J connectivity index is 1.52. The van der Waals surface area contributed by atoms with Crippen LogP contribution in [0.2, 0.25) is 0 Å². The number of hydrogen-bond acceptors (Lipinski definition) is 2. The second-order valence-electron chi connectivity index (χ2n) is 6.52. The third kappa shape index (κ3) is 4.89. The fourth-order valence-electron chi connectivity index (χ4n) is 3.33. The quantitative estimate of drug-likeness (QED) is 0.501. The number of benzene rings is 2. The van der Waals surface area contributed by atoms with Gasteiger partial charge in [-0.1, -0.05) is 42.3 Å². The van der Waals surface area contributed by atoms with Crippen molar-refractivity contribution >= 4 is 17.6 Å². The summed E-state index contributed by atoms with van der Waals surface area (Å²) in [6.45, 7) is 1.97. The molecule has 2 N–H and O–H groups in total. The average molecular weight is 360 g/mol. The summed E-state index contributed by atoms with van der Waals surface area (Å²) in [5.74, 6) is 3.67. The van der Waals surface area contributed by atoms with Crippen molar-refractivity contribution in [3.8, 4) is 12.3 Å². The molecule has 2 aromatic carbocycles. The number of nitrogens with zero attached hydrogens (tertiary/aromatic N) is 2. The van der Waals surface area contributed by atoms with Crippen molar-refractivity contribution in [3.05, 3.63) is 65.7 Å². The topological polar surface area (TPSA) is 56.7 Å². The largest absolute Gasteiger partial charge is 0.347 e. The number of amides is 1. The first-order valence-corrected chi connectivity index (χ1v) is 9.06. The molecule has 3 rings (SSSR count). The van der Waals surface area contributed by atoms with Crippen LogP contribution in [0.1, 0.15) is 23.5 Å². The number of guanidine groups is 1. The molecule has 1 atom stereocenters. The third-order valence-corrected chi connectivity index (χ3v) is 4.69. The van der Waals surface area contributed by atoms with Crippen molar-refractivity contribution in [3.63, 3.8) is 0 Å². The van der Waals surface area contributed by atoms with E-state index in [0.29, 0.717) is 11.6 Å². The third-order valence-electron chi connectivity index (χ3n) is 4.69. The van der Waals surface area contributed by atoms with Gasteiger partial charge in [0.05, 0.1) is 6.54 Å². The Morgan fingerprint density at radius 3 is 2.81 bits per heavy atom. The number of hydrogen-bond donors (Lipinski definition) is 2. The van der Waals surface area contributed by atoms with Crippen LogP contribution in [0.15, 0.2) is 59.6 Å². The van der Waals surface area contributed by atoms with Crippen LogP contribution in [0.4, 0.5) is 5.69 Å². The Bertz CT molecular complexity index is 854. The maximum atomic E-state index is 12.2. The van der Waals surface area contributed by atoms with E-state index in [2.05, 4.69) is 50.7 Å². The van der Waals surface area contributed by atoms with Gasteiger partial charge in [0.2, 0.25) is 5.91 Å². The van der Waals surface area contributed by atoms with Gasteiger partial charge in [-0.3, -0.25) is 9.79 Å². The van der Waals surface area contributed by atoms with E-state index in [4.69, 9.17) is 6.42 Å². The van der Waals surface area contributed by atoms with E-state index in [-0.39, 0.29) is 12.5 Å². The highest BCUT2D eigenvalue weighted by atomic mass is 16.1. The SMILES string of the molecule is C#Cc1cccc(NC(=O)CNC(=NC)N2CCC(c3ccccc3)C2)c1. The van der Waals surface area contributed by atoms with Gasteiger partial charge in [0, 0.05) is 37.3 Å². The average Bonchev–Trinajstić information content (AvgIpc) is 3.19. The Labute approximate surface area is 160 Å². The van der Waals surface area contributed by atoms with E-state index in [9.17, 15) is 4.79 Å². The number of anilines is 1. The van der Waals surface area contributed by atoms with Gasteiger partial charge < -0.3 is 15.5 Å². The molecule has 1 saturated heterocycles. The fraction of sp³-hybridized carbons (Fsp3) is 0.273. The van der Waals surface area contributed by atoms with Crippen LogP contribution < -0.4 is 10.6 Å². The number of rotatable bonds is 4. The van der Waals surface area contributed by atoms with Gasteiger partial charge in [0.15, 0.2) is 5.96 Å². The molecule has 138 valence electrons. The van der Waals surface area contributed by atoms with Crippen LogP contribution in [0.25, 0.3) is 0 Å². The Kier molecular flexibility index (Phi) is 6.11. The molecular weight excluding hydrogens is 336 g/mol. The zero-order valence-corrected chi connectivity index (χ0v) is 15.5. The summed E-state index contributed by atoms with van der Waals surface area (Å²) in [7, 11) is 1.74. The van der Waals surface area contributed by atoms with Crippen molar-refractivity contribution < 1.29 is 4.79 Å². The maximum absolute atomic E-state index is 12.2. The fourth-order valence-corrected chi connectivity index (χ4v) is 3.33. The number of aliphatic imine (C=N–C) groups is 1. The minimum Gasteiger partial charge on any atom is -0.347 e. The molecule has 0 saturated carbocycles. The molecule has 1 amide bonds. The minimum absolute atomic E-state index is 0.135. The molecule has 0 radical (unpaired) electrons. The number of likely N-dealkylation sites (tertiary alicyclic amines) is 1. The number of nitrogens with one attached hydrogen (secondary N) is 2. The zero-order valence-electron chi connectivity index (χ0n) is 15.5. The van der Waals surface area contributed by atoms with Crippen LogP contribution in [0.5, 0.6) is 0 Å². The second-order valence-corrected chi connectivity index (χ2v) is 6.52. The summed E-state index contributed by atoms with van der Waals surface area (Å²) >= 11 is 0. The van der Waals surface area contributed by atoms with Crippen molar-refractivity contribution in [2.45, 2.75) is 12.3 Å². The molecule has 1 aliphatic heterocycles. The lowest BCUT2D eigenvalue weighted by Gasteiger charge is -2.21. The van der Waals surface area contributed by atoms with E-state index < -0.39 is 0 Å². The Hall–Kier alpha value is -3.26. The molecule has 27 heavy (non-hydrogen) atoms. The van der Waals surface area contributed by atoms with Crippen LogP contribution in [0, 0.1) is 12.3 Å². The molecule has 2 aromatic rings. The normalized spacial score (nSPS) is 16.7. The standard InChI is InChI=1S/C22H24N4O/c1-3-17-8-7-11-20(14-17)25-21(27)15-24-22(23-2)26-13-12-19(16-26)18-9-5-4-6-10-18/h1,4-11,14,19H,12-13,15-16H2,2H3,(H,23,24)(H,25,27). The molecule has 0 aromatic heterocycles. The molecule has 0 aliphatic carbocycles. The van der Waals surface area contributed by atoms with Crippen molar-refractivity contribution in [2.24, 2.45) is 4.99 Å². The van der Waals surface area contributed by atoms with Crippen molar-refractivity contribution in [1.29, 1.82) is 0 Å². The van der Waals surface area contributed by atoms with Gasteiger partial charge in [-0.25, -0.2) is 0 Å². The van der Waals surface area contributed by atoms with Crippen LogP contribution in [-0.2, 0) is 4.79 Å². The Morgan fingerprint density at radius 1 is 1.26 bits per heavy atom. The monoisotopic (exact) mass is 360 g/mol. The smallest absolute Gasteiger partial charge is 0.243 e. The molecular formula is C22H24N4O. The van der Waals surface area contributed by atoms with Gasteiger partial charge in [-0.2, -0.15) is 0 Å². The Morgan fingerprint density at radius 2 is 2.07 bits per heavy atom. The van der Waals surface area contributed by atoms with Crippen LogP contribution in [0.3, 0.4) is 0 Å². The molecule has 5 nitrogen and oxygen atoms in total. The molecule has 1 heterocycles. The highest BCUT2D eigenvalue weighted by Gasteiger charge is 2.26. The van der Waals surface area contributed by atoms with Gasteiger partial charge in [0.1, 0.15) is 0 Å². The minimum atomic E-state index is -0.135. The molecule has 1 fully saturated rings. The van der Waals surface area contributed by atoms with Gasteiger partial charge in [-0.15, -0.1) is 6.42 Å². The highest BCUT2D eigenvalue weighted by Crippen LogP contribution is 2.26. The summed E-state index contributed by atoms with van der Waals surface area (Å²) in [5.41, 5.74) is 2.78. The predicted molar refractivity (Wildman–Crippen MR) is 110 cm³/mol. The second kappa shape index (κ2) is 8.91.